The van der Waals surface area contributed by atoms with Crippen LogP contribution in [0.1, 0.15) is 46.6 Å². The molecule has 1 amide bonds. The fourth-order valence-corrected chi connectivity index (χ4v) is 8.67. The van der Waals surface area contributed by atoms with E-state index in [0.717, 1.165) is 52.9 Å². The van der Waals surface area contributed by atoms with Crippen LogP contribution in [0.15, 0.2) is 97.1 Å². The molecule has 0 bridgehead atoms. The summed E-state index contributed by atoms with van der Waals surface area (Å²) in [6.45, 7) is 0.740. The maximum Gasteiger partial charge on any atom is 0.251 e. The number of fused-ring (bicyclic) bond motifs is 7. The minimum atomic E-state index is -1.20. The fraction of sp³-hybridized carbons (Fsp3) is 0.200. The van der Waals surface area contributed by atoms with Gasteiger partial charge in [0.1, 0.15) is 5.54 Å². The van der Waals surface area contributed by atoms with E-state index in [0.29, 0.717) is 15.6 Å². The van der Waals surface area contributed by atoms with E-state index in [1.54, 1.807) is 0 Å². The normalized spacial score (nSPS) is 28.9. The molecule has 0 saturated carbocycles. The number of hydrogen-bond donors (Lipinski definition) is 1. The van der Waals surface area contributed by atoms with Crippen LogP contribution < -0.4 is 5.32 Å². The molecule has 2 fully saturated rings. The number of nitrogens with zero attached hydrogens (tertiary/aromatic N) is 1. The van der Waals surface area contributed by atoms with Crippen LogP contribution in [0, 0.1) is 0 Å². The summed E-state index contributed by atoms with van der Waals surface area (Å²) in [7, 11) is 0. The van der Waals surface area contributed by atoms with E-state index in [1.807, 2.05) is 97.1 Å². The predicted octanol–water partition coefficient (Wildman–Crippen LogP) is 7.46. The van der Waals surface area contributed by atoms with Crippen LogP contribution in [-0.2, 0) is 20.5 Å². The number of nitrogens with one attached hydrogen (secondary N) is 1. The number of anilines is 1. The van der Waals surface area contributed by atoms with Crippen molar-refractivity contribution >= 4 is 52.2 Å². The van der Waals surface area contributed by atoms with E-state index in [-0.39, 0.29) is 23.7 Å². The predicted molar refractivity (Wildman–Crippen MR) is 163 cm³/mol. The zero-order valence-electron chi connectivity index (χ0n) is 22.1. The summed E-state index contributed by atoms with van der Waals surface area (Å²) in [5.41, 5.74) is 3.60. The van der Waals surface area contributed by atoms with Gasteiger partial charge in [0.15, 0.2) is 5.78 Å². The molecule has 1 N–H and O–H groups in total. The number of hydrogen-bond acceptors (Lipinski definition) is 3. The molecule has 1 aliphatic carbocycles. The number of allylic oxidation sites excluding steroid dienone is 1. The summed E-state index contributed by atoms with van der Waals surface area (Å²) in [4.78, 5) is 32.6. The molecule has 4 nitrogen and oxygen atoms in total. The van der Waals surface area contributed by atoms with Crippen molar-refractivity contribution in [2.75, 3.05) is 11.9 Å². The third-order valence-corrected chi connectivity index (χ3v) is 10.2. The van der Waals surface area contributed by atoms with Crippen LogP contribution >= 0.6 is 23.2 Å². The molecule has 202 valence electrons. The van der Waals surface area contributed by atoms with Crippen LogP contribution in [-0.4, -0.2) is 29.2 Å². The Labute approximate surface area is 248 Å². The molecular weight excluding hydrogens is 551 g/mol. The third-order valence-electron chi connectivity index (χ3n) is 9.70. The molecule has 2 saturated heterocycles. The number of para-hydroxylation sites is 1. The summed E-state index contributed by atoms with van der Waals surface area (Å²) >= 11 is 12.6. The standard InChI is InChI=1S/C35H26Cl2N2O2/c36-23-15-11-21(12-16-23)20-26-25-6-1-2-7-27(25)34(32(26)40)31(22-13-17-24(37)18-14-22)30-10-5-19-39(30)35(34)28-8-3-4-9-29(28)38-33(35)41/h1-4,6-9,11-18,20,30-31H,5,10,19H2,(H,38,41)/b26-20+/t30?,31-,34-,35+/m0/s1. The topological polar surface area (TPSA) is 49.4 Å². The molecule has 4 aliphatic rings. The lowest BCUT2D eigenvalue weighted by atomic mass is 9.56. The largest absolute Gasteiger partial charge is 0.324 e. The Morgan fingerprint density at radius 1 is 0.805 bits per heavy atom. The molecule has 3 aliphatic heterocycles. The second kappa shape index (κ2) is 8.90. The van der Waals surface area contributed by atoms with Gasteiger partial charge in [0.05, 0.1) is 5.41 Å². The molecular formula is C35H26Cl2N2O2. The van der Waals surface area contributed by atoms with E-state index in [2.05, 4.69) is 16.3 Å². The number of carbonyl (C=O) groups excluding carboxylic acids is 2. The van der Waals surface area contributed by atoms with Crippen LogP contribution in [0.3, 0.4) is 0 Å². The summed E-state index contributed by atoms with van der Waals surface area (Å²) in [6.07, 6.45) is 3.82. The van der Waals surface area contributed by atoms with Crippen molar-refractivity contribution in [3.05, 3.63) is 135 Å². The molecule has 4 aromatic rings. The summed E-state index contributed by atoms with van der Waals surface area (Å²) in [5, 5.41) is 4.49. The van der Waals surface area contributed by atoms with Crippen molar-refractivity contribution in [3.63, 3.8) is 0 Å². The Morgan fingerprint density at radius 3 is 2.22 bits per heavy atom. The SMILES string of the molecule is O=C1/C(=C/c2ccc(Cl)cc2)c2ccccc2[C@]12[C@@H](c1ccc(Cl)cc1)C1CCCN1[C@]21C(=O)Nc2ccccc21. The summed E-state index contributed by atoms with van der Waals surface area (Å²) in [6, 6.07) is 31.4. The summed E-state index contributed by atoms with van der Waals surface area (Å²) in [5.74, 6) is -0.406. The molecule has 0 radical (unpaired) electrons. The number of Topliss-reactive ketones (excluding diaryl/α,β-unsaturated/α-hetero) is 1. The zero-order chi connectivity index (χ0) is 27.9. The smallest absolute Gasteiger partial charge is 0.251 e. The second-order valence-electron chi connectivity index (χ2n) is 11.4. The number of carbonyl (C=O) groups is 2. The van der Waals surface area contributed by atoms with E-state index in [9.17, 15) is 4.79 Å². The van der Waals surface area contributed by atoms with Crippen LogP contribution in [0.25, 0.3) is 11.6 Å². The summed E-state index contributed by atoms with van der Waals surface area (Å²) < 4.78 is 0. The number of amides is 1. The van der Waals surface area contributed by atoms with E-state index >= 15 is 4.79 Å². The van der Waals surface area contributed by atoms with Crippen molar-refractivity contribution in [1.29, 1.82) is 0 Å². The van der Waals surface area contributed by atoms with Gasteiger partial charge >= 0.3 is 0 Å². The number of benzene rings is 4. The maximum atomic E-state index is 15.5. The molecule has 1 unspecified atom stereocenters. The minimum absolute atomic E-state index is 0.0000281. The fourth-order valence-electron chi connectivity index (χ4n) is 8.41. The molecule has 6 heteroatoms. The number of rotatable bonds is 2. The van der Waals surface area contributed by atoms with Gasteiger partial charge in [-0.1, -0.05) is 89.9 Å². The lowest BCUT2D eigenvalue weighted by Gasteiger charge is -2.44. The minimum Gasteiger partial charge on any atom is -0.324 e. The van der Waals surface area contributed by atoms with Gasteiger partial charge < -0.3 is 5.32 Å². The van der Waals surface area contributed by atoms with Gasteiger partial charge in [-0.3, -0.25) is 14.5 Å². The quantitative estimate of drug-likeness (QED) is 0.252. The Hall–Kier alpha value is -3.70. The average Bonchev–Trinajstić information content (AvgIpc) is 3.70. The molecule has 3 heterocycles. The monoisotopic (exact) mass is 576 g/mol. The van der Waals surface area contributed by atoms with Gasteiger partial charge in [0, 0.05) is 38.8 Å². The van der Waals surface area contributed by atoms with Gasteiger partial charge in [-0.15, -0.1) is 0 Å². The number of halogens is 2. The average molecular weight is 578 g/mol. The van der Waals surface area contributed by atoms with Crippen molar-refractivity contribution in [2.24, 2.45) is 0 Å². The third kappa shape index (κ3) is 3.10. The molecule has 0 aromatic heterocycles. The van der Waals surface area contributed by atoms with E-state index < -0.39 is 11.0 Å². The first-order valence-corrected chi connectivity index (χ1v) is 14.8. The number of ketones is 1. The Bertz CT molecular complexity index is 1780. The highest BCUT2D eigenvalue weighted by molar-refractivity contribution is 6.36. The Kier molecular flexibility index (Phi) is 5.44. The first-order chi connectivity index (χ1) is 20.0. The molecule has 41 heavy (non-hydrogen) atoms. The lowest BCUT2D eigenvalue weighted by Crippen LogP contribution is -2.60. The van der Waals surface area contributed by atoms with Gasteiger partial charge in [-0.2, -0.15) is 0 Å². The van der Waals surface area contributed by atoms with Gasteiger partial charge in [0.2, 0.25) is 0 Å². The van der Waals surface area contributed by atoms with Crippen molar-refractivity contribution < 1.29 is 9.59 Å². The van der Waals surface area contributed by atoms with Crippen LogP contribution in [0.2, 0.25) is 10.0 Å². The van der Waals surface area contributed by atoms with E-state index in [4.69, 9.17) is 23.2 Å². The lowest BCUT2D eigenvalue weighted by molar-refractivity contribution is -0.136. The van der Waals surface area contributed by atoms with Gasteiger partial charge in [-0.05, 0) is 78.0 Å². The van der Waals surface area contributed by atoms with E-state index in [1.165, 1.54) is 0 Å². The van der Waals surface area contributed by atoms with Crippen LogP contribution in [0.5, 0.6) is 0 Å². The zero-order valence-corrected chi connectivity index (χ0v) is 23.6. The second-order valence-corrected chi connectivity index (χ2v) is 12.3. The van der Waals surface area contributed by atoms with Gasteiger partial charge in [-0.25, -0.2) is 0 Å². The molecule has 4 aromatic carbocycles. The van der Waals surface area contributed by atoms with Gasteiger partial charge in [0.25, 0.3) is 5.91 Å². The maximum absolute atomic E-state index is 15.5. The Balaban J connectivity index is 1.50. The van der Waals surface area contributed by atoms with Crippen molar-refractivity contribution in [3.8, 4) is 0 Å². The highest BCUT2D eigenvalue weighted by Gasteiger charge is 2.80. The molecule has 2 spiro atoms. The van der Waals surface area contributed by atoms with Crippen molar-refractivity contribution in [1.82, 2.24) is 4.90 Å². The van der Waals surface area contributed by atoms with Crippen LogP contribution in [0.4, 0.5) is 5.69 Å². The highest BCUT2D eigenvalue weighted by Crippen LogP contribution is 2.71. The van der Waals surface area contributed by atoms with Crippen molar-refractivity contribution in [2.45, 2.75) is 35.8 Å². The Morgan fingerprint density at radius 2 is 1.46 bits per heavy atom. The highest BCUT2D eigenvalue weighted by atomic mass is 35.5. The first kappa shape index (κ1) is 25.0. The molecule has 8 rings (SSSR count). The molecule has 4 atom stereocenters. The first-order valence-electron chi connectivity index (χ1n) is 14.0.